The zero-order valence-electron chi connectivity index (χ0n) is 10.3. The lowest BCUT2D eigenvalue weighted by Crippen LogP contribution is -2.29. The first-order chi connectivity index (χ1) is 8.61. The van der Waals surface area contributed by atoms with E-state index in [1.54, 1.807) is 24.3 Å². The predicted molar refractivity (Wildman–Crippen MR) is 66.6 cm³/mol. The van der Waals surface area contributed by atoms with Crippen LogP contribution in [0.2, 0.25) is 0 Å². The van der Waals surface area contributed by atoms with Gasteiger partial charge in [-0.05, 0) is 24.1 Å². The molecule has 0 aliphatic carbocycles. The Bertz CT molecular complexity index is 417. The summed E-state index contributed by atoms with van der Waals surface area (Å²) < 4.78 is 5.28. The SMILES string of the molecule is CCCNC(=O)COc1cccc(CC(=O)O)c1. The highest BCUT2D eigenvalue weighted by Crippen LogP contribution is 2.13. The van der Waals surface area contributed by atoms with Gasteiger partial charge in [0.15, 0.2) is 6.61 Å². The van der Waals surface area contributed by atoms with Crippen molar-refractivity contribution < 1.29 is 19.4 Å². The minimum atomic E-state index is -0.896. The van der Waals surface area contributed by atoms with Crippen LogP contribution in [0.4, 0.5) is 0 Å². The van der Waals surface area contributed by atoms with Crippen LogP contribution in [0.5, 0.6) is 5.75 Å². The van der Waals surface area contributed by atoms with Crippen LogP contribution in [-0.4, -0.2) is 30.1 Å². The molecule has 98 valence electrons. The van der Waals surface area contributed by atoms with Gasteiger partial charge in [-0.3, -0.25) is 9.59 Å². The average molecular weight is 251 g/mol. The molecule has 2 N–H and O–H groups in total. The van der Waals surface area contributed by atoms with Gasteiger partial charge < -0.3 is 15.2 Å². The third kappa shape index (κ3) is 5.34. The molecule has 0 heterocycles. The Balaban J connectivity index is 2.47. The summed E-state index contributed by atoms with van der Waals surface area (Å²) >= 11 is 0. The van der Waals surface area contributed by atoms with E-state index in [4.69, 9.17) is 9.84 Å². The summed E-state index contributed by atoms with van der Waals surface area (Å²) in [6.07, 6.45) is 0.819. The zero-order chi connectivity index (χ0) is 13.4. The van der Waals surface area contributed by atoms with Gasteiger partial charge in [-0.15, -0.1) is 0 Å². The maximum absolute atomic E-state index is 11.3. The number of carboxylic acid groups (broad SMARTS) is 1. The van der Waals surface area contributed by atoms with E-state index in [1.165, 1.54) is 0 Å². The molecule has 0 aliphatic heterocycles. The minimum Gasteiger partial charge on any atom is -0.484 e. The zero-order valence-corrected chi connectivity index (χ0v) is 10.3. The maximum atomic E-state index is 11.3. The Morgan fingerprint density at radius 1 is 1.39 bits per heavy atom. The monoisotopic (exact) mass is 251 g/mol. The van der Waals surface area contributed by atoms with E-state index < -0.39 is 5.97 Å². The molecular weight excluding hydrogens is 234 g/mol. The molecule has 5 heteroatoms. The molecule has 0 bridgehead atoms. The maximum Gasteiger partial charge on any atom is 0.307 e. The molecule has 0 saturated heterocycles. The minimum absolute atomic E-state index is 0.0563. The third-order valence-corrected chi connectivity index (χ3v) is 2.20. The lowest BCUT2D eigenvalue weighted by Gasteiger charge is -2.07. The molecule has 0 aromatic heterocycles. The van der Waals surface area contributed by atoms with E-state index in [0.29, 0.717) is 17.9 Å². The normalized spacial score (nSPS) is 9.83. The second-order valence-electron chi connectivity index (χ2n) is 3.86. The first-order valence-corrected chi connectivity index (χ1v) is 5.82. The molecule has 0 aliphatic rings. The Hall–Kier alpha value is -2.04. The molecule has 1 amide bonds. The summed E-state index contributed by atoms with van der Waals surface area (Å²) in [5.41, 5.74) is 0.647. The van der Waals surface area contributed by atoms with E-state index in [0.717, 1.165) is 6.42 Å². The molecule has 1 rings (SSSR count). The van der Waals surface area contributed by atoms with Gasteiger partial charge in [0, 0.05) is 6.54 Å². The van der Waals surface area contributed by atoms with Crippen molar-refractivity contribution in [3.8, 4) is 5.75 Å². The second kappa shape index (κ2) is 7.32. The largest absolute Gasteiger partial charge is 0.484 e. The van der Waals surface area contributed by atoms with Crippen LogP contribution in [0, 0.1) is 0 Å². The number of carbonyl (C=O) groups is 2. The van der Waals surface area contributed by atoms with Crippen molar-refractivity contribution in [1.29, 1.82) is 0 Å². The van der Waals surface area contributed by atoms with Gasteiger partial charge in [0.25, 0.3) is 5.91 Å². The lowest BCUT2D eigenvalue weighted by molar-refractivity contribution is -0.136. The van der Waals surface area contributed by atoms with Crippen LogP contribution in [-0.2, 0) is 16.0 Å². The van der Waals surface area contributed by atoms with Gasteiger partial charge >= 0.3 is 5.97 Å². The van der Waals surface area contributed by atoms with Gasteiger partial charge in [-0.25, -0.2) is 0 Å². The number of carbonyl (C=O) groups excluding carboxylic acids is 1. The van der Waals surface area contributed by atoms with Gasteiger partial charge in [0.2, 0.25) is 0 Å². The topological polar surface area (TPSA) is 75.6 Å². The standard InChI is InChI=1S/C13H17NO4/c1-2-6-14-12(15)9-18-11-5-3-4-10(7-11)8-13(16)17/h3-5,7H,2,6,8-9H2,1H3,(H,14,15)(H,16,17). The summed E-state index contributed by atoms with van der Waals surface area (Å²) in [4.78, 5) is 21.9. The Kier molecular flexibility index (Phi) is 5.70. The molecule has 0 unspecified atom stereocenters. The van der Waals surface area contributed by atoms with Crippen molar-refractivity contribution in [1.82, 2.24) is 5.32 Å². The van der Waals surface area contributed by atoms with Crippen LogP contribution in [0.25, 0.3) is 0 Å². The molecule has 5 nitrogen and oxygen atoms in total. The number of hydrogen-bond donors (Lipinski definition) is 2. The number of benzene rings is 1. The fourth-order valence-corrected chi connectivity index (χ4v) is 1.38. The van der Waals surface area contributed by atoms with Gasteiger partial charge in [-0.2, -0.15) is 0 Å². The molecular formula is C13H17NO4. The predicted octanol–water partition coefficient (Wildman–Crippen LogP) is 1.22. The number of carboxylic acids is 1. The molecule has 0 radical (unpaired) electrons. The van der Waals surface area contributed by atoms with E-state index in [9.17, 15) is 9.59 Å². The fourth-order valence-electron chi connectivity index (χ4n) is 1.38. The van der Waals surface area contributed by atoms with Gasteiger partial charge in [-0.1, -0.05) is 19.1 Å². The average Bonchev–Trinajstić information content (AvgIpc) is 2.33. The number of hydrogen-bond acceptors (Lipinski definition) is 3. The summed E-state index contributed by atoms with van der Waals surface area (Å²) in [7, 11) is 0. The highest BCUT2D eigenvalue weighted by Gasteiger charge is 2.04. The third-order valence-electron chi connectivity index (χ3n) is 2.20. The number of rotatable bonds is 7. The Morgan fingerprint density at radius 2 is 2.17 bits per heavy atom. The second-order valence-corrected chi connectivity index (χ2v) is 3.86. The fraction of sp³-hybridized carbons (Fsp3) is 0.385. The smallest absolute Gasteiger partial charge is 0.307 e. The molecule has 18 heavy (non-hydrogen) atoms. The number of aliphatic carboxylic acids is 1. The molecule has 0 fully saturated rings. The van der Waals surface area contributed by atoms with Crippen LogP contribution in [0.1, 0.15) is 18.9 Å². The molecule has 1 aromatic rings. The van der Waals surface area contributed by atoms with E-state index in [2.05, 4.69) is 5.32 Å². The first-order valence-electron chi connectivity index (χ1n) is 5.82. The van der Waals surface area contributed by atoms with Gasteiger partial charge in [0.1, 0.15) is 5.75 Å². The Morgan fingerprint density at radius 3 is 2.83 bits per heavy atom. The molecule has 1 aromatic carbocycles. The summed E-state index contributed by atoms with van der Waals surface area (Å²) in [5.74, 6) is -0.575. The van der Waals surface area contributed by atoms with Crippen LogP contribution in [0.15, 0.2) is 24.3 Å². The highest BCUT2D eigenvalue weighted by atomic mass is 16.5. The van der Waals surface area contributed by atoms with E-state index in [-0.39, 0.29) is 18.9 Å². The number of nitrogens with one attached hydrogen (secondary N) is 1. The molecule has 0 atom stereocenters. The van der Waals surface area contributed by atoms with Crippen LogP contribution >= 0.6 is 0 Å². The summed E-state index contributed by atoms with van der Waals surface area (Å²) in [6.45, 7) is 2.54. The Labute approximate surface area is 106 Å². The summed E-state index contributed by atoms with van der Waals surface area (Å²) in [5, 5.41) is 11.4. The lowest BCUT2D eigenvalue weighted by atomic mass is 10.1. The van der Waals surface area contributed by atoms with Crippen molar-refractivity contribution in [2.24, 2.45) is 0 Å². The number of ether oxygens (including phenoxy) is 1. The van der Waals surface area contributed by atoms with E-state index in [1.807, 2.05) is 6.92 Å². The van der Waals surface area contributed by atoms with Gasteiger partial charge in [0.05, 0.1) is 6.42 Å². The summed E-state index contributed by atoms with van der Waals surface area (Å²) in [6, 6.07) is 6.73. The van der Waals surface area contributed by atoms with Crippen LogP contribution < -0.4 is 10.1 Å². The molecule has 0 spiro atoms. The van der Waals surface area contributed by atoms with Crippen molar-refractivity contribution in [3.63, 3.8) is 0 Å². The molecule has 0 saturated carbocycles. The van der Waals surface area contributed by atoms with Crippen molar-refractivity contribution in [2.75, 3.05) is 13.2 Å². The quantitative estimate of drug-likeness (QED) is 0.764. The van der Waals surface area contributed by atoms with Crippen molar-refractivity contribution >= 4 is 11.9 Å². The van der Waals surface area contributed by atoms with Crippen LogP contribution in [0.3, 0.4) is 0 Å². The number of amides is 1. The van der Waals surface area contributed by atoms with Crippen molar-refractivity contribution in [3.05, 3.63) is 29.8 Å². The van der Waals surface area contributed by atoms with E-state index >= 15 is 0 Å². The van der Waals surface area contributed by atoms with Crippen molar-refractivity contribution in [2.45, 2.75) is 19.8 Å². The highest BCUT2D eigenvalue weighted by molar-refractivity contribution is 5.77. The first kappa shape index (κ1) is 14.0.